The van der Waals surface area contributed by atoms with Gasteiger partial charge in [0.1, 0.15) is 17.9 Å². The zero-order chi connectivity index (χ0) is 22.9. The van der Waals surface area contributed by atoms with E-state index in [4.69, 9.17) is 9.47 Å². The second-order valence-corrected chi connectivity index (χ2v) is 8.63. The smallest absolute Gasteiger partial charge is 0.255 e. The topological polar surface area (TPSA) is 88.2 Å². The van der Waals surface area contributed by atoms with Crippen molar-refractivity contribution in [2.75, 3.05) is 31.2 Å². The van der Waals surface area contributed by atoms with Crippen LogP contribution in [0.4, 0.5) is 5.69 Å². The van der Waals surface area contributed by atoms with Crippen molar-refractivity contribution in [1.29, 1.82) is 0 Å². The van der Waals surface area contributed by atoms with Gasteiger partial charge in [0.05, 0.1) is 19.8 Å². The maximum Gasteiger partial charge on any atom is 0.255 e. The number of hydrogen-bond donors (Lipinski definition) is 1. The molecule has 1 N–H and O–H groups in total. The molecule has 0 radical (unpaired) electrons. The van der Waals surface area contributed by atoms with Crippen molar-refractivity contribution >= 4 is 23.4 Å². The number of piperidine rings is 1. The molecule has 2 aromatic carbocycles. The third-order valence-electron chi connectivity index (χ3n) is 6.58. The second-order valence-electron chi connectivity index (χ2n) is 8.63. The Labute approximate surface area is 192 Å². The van der Waals surface area contributed by atoms with Crippen molar-refractivity contribution in [2.45, 2.75) is 38.5 Å². The van der Waals surface area contributed by atoms with E-state index in [2.05, 4.69) is 34.5 Å². The van der Waals surface area contributed by atoms with Gasteiger partial charge < -0.3 is 19.3 Å². The summed E-state index contributed by atoms with van der Waals surface area (Å²) in [5.74, 6) is -0.269. The Kier molecular flexibility index (Phi) is 5.76. The summed E-state index contributed by atoms with van der Waals surface area (Å²) in [6, 6.07) is 13.1. The van der Waals surface area contributed by atoms with Crippen LogP contribution < -0.4 is 15.0 Å². The number of hydrogen-bond acceptors (Lipinski definition) is 6. The van der Waals surface area contributed by atoms with Gasteiger partial charge in [0.2, 0.25) is 11.8 Å². The Morgan fingerprint density at radius 1 is 1.06 bits per heavy atom. The standard InChI is InChI=1S/C25H27N3O5/c1-16(17-5-7-18(8-6-17)27-11-13-32-14-12-27)33-22-4-2-3-19-20(22)15-28(25(19)31)21-9-10-23(29)26-24(21)30/h2-8,16,21H,9-15H2,1H3,(H,26,29,30)/t16?,21-/m0/s1. The average Bonchev–Trinajstić information content (AvgIpc) is 3.17. The lowest BCUT2D eigenvalue weighted by atomic mass is 10.0. The fourth-order valence-electron chi connectivity index (χ4n) is 4.70. The van der Waals surface area contributed by atoms with Gasteiger partial charge in [-0.25, -0.2) is 0 Å². The van der Waals surface area contributed by atoms with Crippen LogP contribution in [0, 0.1) is 0 Å². The Hall–Kier alpha value is -3.39. The zero-order valence-electron chi connectivity index (χ0n) is 18.6. The van der Waals surface area contributed by atoms with Crippen LogP contribution in [0.2, 0.25) is 0 Å². The third kappa shape index (κ3) is 4.18. The van der Waals surface area contributed by atoms with E-state index < -0.39 is 11.9 Å². The first kappa shape index (κ1) is 21.5. The molecule has 0 bridgehead atoms. The maximum atomic E-state index is 13.0. The minimum atomic E-state index is -0.638. The van der Waals surface area contributed by atoms with Crippen molar-refractivity contribution in [3.63, 3.8) is 0 Å². The van der Waals surface area contributed by atoms with Crippen LogP contribution in [0.1, 0.15) is 47.4 Å². The van der Waals surface area contributed by atoms with E-state index in [0.29, 0.717) is 24.3 Å². The van der Waals surface area contributed by atoms with Gasteiger partial charge in [-0.2, -0.15) is 0 Å². The summed E-state index contributed by atoms with van der Waals surface area (Å²) in [5.41, 5.74) is 3.53. The molecule has 0 spiro atoms. The lowest BCUT2D eigenvalue weighted by molar-refractivity contribution is -0.136. The zero-order valence-corrected chi connectivity index (χ0v) is 18.6. The minimum absolute atomic E-state index is 0.201. The third-order valence-corrected chi connectivity index (χ3v) is 6.58. The van der Waals surface area contributed by atoms with Gasteiger partial charge in [0.25, 0.3) is 5.91 Å². The Morgan fingerprint density at radius 3 is 2.55 bits per heavy atom. The summed E-state index contributed by atoms with van der Waals surface area (Å²) in [4.78, 5) is 40.7. The molecule has 3 heterocycles. The highest BCUT2D eigenvalue weighted by molar-refractivity contribution is 6.05. The molecule has 1 unspecified atom stereocenters. The first-order valence-corrected chi connectivity index (χ1v) is 11.4. The van der Waals surface area contributed by atoms with E-state index in [0.717, 1.165) is 37.4 Å². The van der Waals surface area contributed by atoms with Crippen molar-refractivity contribution in [3.8, 4) is 5.75 Å². The summed E-state index contributed by atoms with van der Waals surface area (Å²) in [7, 11) is 0. The van der Waals surface area contributed by atoms with Crippen LogP contribution in [-0.2, 0) is 20.9 Å². The van der Waals surface area contributed by atoms with Crippen molar-refractivity contribution in [3.05, 3.63) is 59.2 Å². The summed E-state index contributed by atoms with van der Waals surface area (Å²) in [5, 5.41) is 2.34. The summed E-state index contributed by atoms with van der Waals surface area (Å²) >= 11 is 0. The molecule has 2 fully saturated rings. The number of ether oxygens (including phenoxy) is 2. The maximum absolute atomic E-state index is 13.0. The number of amides is 3. The molecule has 5 rings (SSSR count). The van der Waals surface area contributed by atoms with E-state index >= 15 is 0 Å². The molecule has 0 saturated carbocycles. The molecule has 0 aliphatic carbocycles. The Balaban J connectivity index is 1.30. The number of anilines is 1. The predicted octanol–water partition coefficient (Wildman–Crippen LogP) is 2.42. The van der Waals surface area contributed by atoms with E-state index in [9.17, 15) is 14.4 Å². The number of morpholine rings is 1. The van der Waals surface area contributed by atoms with Gasteiger partial charge in [-0.1, -0.05) is 18.2 Å². The van der Waals surface area contributed by atoms with E-state index in [-0.39, 0.29) is 24.3 Å². The highest BCUT2D eigenvalue weighted by Gasteiger charge is 2.40. The van der Waals surface area contributed by atoms with Crippen molar-refractivity contribution in [2.24, 2.45) is 0 Å². The fourth-order valence-corrected chi connectivity index (χ4v) is 4.70. The van der Waals surface area contributed by atoms with E-state index in [1.165, 1.54) is 5.69 Å². The number of carbonyl (C=O) groups is 3. The first-order valence-electron chi connectivity index (χ1n) is 11.4. The van der Waals surface area contributed by atoms with Crippen molar-refractivity contribution < 1.29 is 23.9 Å². The Morgan fingerprint density at radius 2 is 1.82 bits per heavy atom. The highest BCUT2D eigenvalue weighted by Crippen LogP contribution is 2.35. The lowest BCUT2D eigenvalue weighted by Crippen LogP contribution is -2.52. The number of fused-ring (bicyclic) bond motifs is 1. The molecule has 2 aromatic rings. The number of benzene rings is 2. The van der Waals surface area contributed by atoms with Gasteiger partial charge in [0.15, 0.2) is 0 Å². The fraction of sp³-hybridized carbons (Fsp3) is 0.400. The summed E-state index contributed by atoms with van der Waals surface area (Å²) in [6.07, 6.45) is 0.360. The van der Waals surface area contributed by atoms with E-state index in [1.54, 1.807) is 17.0 Å². The molecule has 0 aromatic heterocycles. The van der Waals surface area contributed by atoms with E-state index in [1.807, 2.05) is 13.0 Å². The molecule has 3 amide bonds. The summed E-state index contributed by atoms with van der Waals surface area (Å²) in [6.45, 7) is 5.54. The number of carbonyl (C=O) groups excluding carboxylic acids is 3. The van der Waals surface area contributed by atoms with Gasteiger partial charge in [-0.15, -0.1) is 0 Å². The lowest BCUT2D eigenvalue weighted by Gasteiger charge is -2.29. The largest absolute Gasteiger partial charge is 0.486 e. The monoisotopic (exact) mass is 449 g/mol. The molecule has 3 aliphatic rings. The number of nitrogens with zero attached hydrogens (tertiary/aromatic N) is 2. The molecule has 8 nitrogen and oxygen atoms in total. The van der Waals surface area contributed by atoms with Crippen LogP contribution in [0.15, 0.2) is 42.5 Å². The molecule has 3 aliphatic heterocycles. The molecule has 33 heavy (non-hydrogen) atoms. The van der Waals surface area contributed by atoms with Crippen molar-refractivity contribution in [1.82, 2.24) is 10.2 Å². The number of imide groups is 1. The predicted molar refractivity (Wildman–Crippen MR) is 121 cm³/mol. The van der Waals surface area contributed by atoms with Gasteiger partial charge in [-0.3, -0.25) is 19.7 Å². The normalized spacial score (nSPS) is 21.6. The number of nitrogens with one attached hydrogen (secondary N) is 1. The molecule has 2 atom stereocenters. The van der Waals surface area contributed by atoms with Crippen LogP contribution in [-0.4, -0.2) is 55.0 Å². The molecular formula is C25H27N3O5. The van der Waals surface area contributed by atoms with Gasteiger partial charge in [0, 0.05) is 36.3 Å². The van der Waals surface area contributed by atoms with Gasteiger partial charge in [-0.05, 0) is 43.2 Å². The SMILES string of the molecule is CC(Oc1cccc2c1CN([C@H]1CCC(=O)NC1=O)C2=O)c1ccc(N2CCOCC2)cc1. The van der Waals surface area contributed by atoms with Crippen LogP contribution >= 0.6 is 0 Å². The molecule has 172 valence electrons. The Bertz CT molecular complexity index is 1080. The molecular weight excluding hydrogens is 422 g/mol. The van der Waals surface area contributed by atoms with Crippen LogP contribution in [0.25, 0.3) is 0 Å². The van der Waals surface area contributed by atoms with Crippen LogP contribution in [0.3, 0.4) is 0 Å². The average molecular weight is 450 g/mol. The highest BCUT2D eigenvalue weighted by atomic mass is 16.5. The molecule has 8 heteroatoms. The molecule has 2 saturated heterocycles. The summed E-state index contributed by atoms with van der Waals surface area (Å²) < 4.78 is 11.7. The van der Waals surface area contributed by atoms with Crippen LogP contribution in [0.5, 0.6) is 5.75 Å². The first-order chi connectivity index (χ1) is 16.0. The minimum Gasteiger partial charge on any atom is -0.486 e. The number of rotatable bonds is 5. The quantitative estimate of drug-likeness (QED) is 0.706. The van der Waals surface area contributed by atoms with Gasteiger partial charge >= 0.3 is 0 Å². The second kappa shape index (κ2) is 8.86.